The van der Waals surface area contributed by atoms with Crippen molar-refractivity contribution in [3.63, 3.8) is 0 Å². The summed E-state index contributed by atoms with van der Waals surface area (Å²) in [6.07, 6.45) is 1.56. The maximum atomic E-state index is 12.5. The van der Waals surface area contributed by atoms with Crippen LogP contribution >= 0.6 is 0 Å². The van der Waals surface area contributed by atoms with Gasteiger partial charge in [-0.2, -0.15) is 5.10 Å². The number of hydrazone groups is 1. The fourth-order valence-electron chi connectivity index (χ4n) is 3.67. The third-order valence-corrected chi connectivity index (χ3v) is 5.43. The molecule has 0 aliphatic rings. The molecule has 0 spiro atoms. The van der Waals surface area contributed by atoms with Gasteiger partial charge in [0.05, 0.1) is 26.0 Å². The van der Waals surface area contributed by atoms with Crippen LogP contribution in [0.4, 0.5) is 0 Å². The molecule has 0 unspecified atom stereocenters. The molecule has 172 valence electrons. The van der Waals surface area contributed by atoms with Crippen molar-refractivity contribution in [3.05, 3.63) is 101 Å². The number of nitrogens with one attached hydrogen (secondary N) is 1. The first-order valence-corrected chi connectivity index (χ1v) is 10.8. The van der Waals surface area contributed by atoms with Crippen molar-refractivity contribution in [1.82, 2.24) is 5.43 Å². The summed E-state index contributed by atoms with van der Waals surface area (Å²) >= 11 is 0. The van der Waals surface area contributed by atoms with E-state index in [1.54, 1.807) is 19.4 Å². The fraction of sp³-hybridized carbons (Fsp3) is 0.143. The van der Waals surface area contributed by atoms with Crippen molar-refractivity contribution in [2.45, 2.75) is 13.5 Å². The van der Waals surface area contributed by atoms with Gasteiger partial charge in [-0.15, -0.1) is 0 Å². The van der Waals surface area contributed by atoms with E-state index in [4.69, 9.17) is 14.2 Å². The zero-order chi connectivity index (χ0) is 23.9. The topological polar surface area (TPSA) is 69.2 Å². The second-order valence-corrected chi connectivity index (χ2v) is 7.74. The number of carbonyl (C=O) groups is 1. The van der Waals surface area contributed by atoms with E-state index < -0.39 is 0 Å². The average Bonchev–Trinajstić information content (AvgIpc) is 2.87. The first-order chi connectivity index (χ1) is 16.6. The lowest BCUT2D eigenvalue weighted by Crippen LogP contribution is -2.18. The number of hydrogen-bond donors (Lipinski definition) is 1. The monoisotopic (exact) mass is 454 g/mol. The number of carbonyl (C=O) groups excluding carboxylic acids is 1. The number of aryl methyl sites for hydroxylation is 1. The number of fused-ring (bicyclic) bond motifs is 1. The molecular formula is C28H26N2O4. The second kappa shape index (κ2) is 10.5. The van der Waals surface area contributed by atoms with Gasteiger partial charge in [0.1, 0.15) is 12.4 Å². The molecule has 1 amide bonds. The third-order valence-electron chi connectivity index (χ3n) is 5.43. The van der Waals surface area contributed by atoms with Crippen molar-refractivity contribution in [2.24, 2.45) is 5.10 Å². The number of rotatable bonds is 8. The van der Waals surface area contributed by atoms with E-state index in [9.17, 15) is 4.79 Å². The maximum Gasteiger partial charge on any atom is 0.275 e. The predicted molar refractivity (Wildman–Crippen MR) is 134 cm³/mol. The van der Waals surface area contributed by atoms with Crippen molar-refractivity contribution in [3.8, 4) is 17.2 Å². The molecule has 0 radical (unpaired) electrons. The number of ether oxygens (including phenoxy) is 3. The van der Waals surface area contributed by atoms with Crippen LogP contribution in [0.1, 0.15) is 27.0 Å². The van der Waals surface area contributed by atoms with Gasteiger partial charge in [-0.25, -0.2) is 5.43 Å². The molecule has 34 heavy (non-hydrogen) atoms. The highest BCUT2D eigenvalue weighted by atomic mass is 16.5. The molecule has 4 aromatic rings. The molecule has 0 saturated heterocycles. The van der Waals surface area contributed by atoms with Gasteiger partial charge >= 0.3 is 0 Å². The highest BCUT2D eigenvalue weighted by Crippen LogP contribution is 2.29. The lowest BCUT2D eigenvalue weighted by Gasteiger charge is -2.13. The summed E-state index contributed by atoms with van der Waals surface area (Å²) in [5, 5.41) is 6.41. The quantitative estimate of drug-likeness (QED) is 0.282. The molecule has 0 atom stereocenters. The second-order valence-electron chi connectivity index (χ2n) is 7.74. The smallest absolute Gasteiger partial charge is 0.275 e. The van der Waals surface area contributed by atoms with Crippen molar-refractivity contribution < 1.29 is 19.0 Å². The number of benzene rings is 4. The van der Waals surface area contributed by atoms with Gasteiger partial charge in [0.25, 0.3) is 5.91 Å². The molecule has 1 N–H and O–H groups in total. The minimum atomic E-state index is -0.353. The summed E-state index contributed by atoms with van der Waals surface area (Å²) in [4.78, 5) is 12.5. The SMILES string of the molecule is COc1ccc(/C=N\NC(=O)c2ccc(C)cc2OC)cc1OCc1cccc2ccccc12. The van der Waals surface area contributed by atoms with Gasteiger partial charge in [-0.1, -0.05) is 48.5 Å². The molecule has 0 aromatic heterocycles. The Morgan fingerprint density at radius 2 is 1.68 bits per heavy atom. The predicted octanol–water partition coefficient (Wildman–Crippen LogP) is 5.51. The van der Waals surface area contributed by atoms with E-state index in [1.807, 2.05) is 55.5 Å². The molecule has 0 aliphatic carbocycles. The van der Waals surface area contributed by atoms with E-state index in [0.29, 0.717) is 29.4 Å². The van der Waals surface area contributed by atoms with Crippen LogP contribution in [0.5, 0.6) is 17.2 Å². The maximum absolute atomic E-state index is 12.5. The van der Waals surface area contributed by atoms with Gasteiger partial charge in [-0.05, 0) is 64.7 Å². The molecule has 4 aromatic carbocycles. The standard InChI is InChI=1S/C28H26N2O4/c1-19-11-13-24(26(15-19)33-3)28(31)30-29-17-20-12-14-25(32-2)27(16-20)34-18-22-9-6-8-21-7-4-5-10-23(21)22/h4-17H,18H2,1-3H3,(H,30,31)/b29-17-. The van der Waals surface area contributed by atoms with Crippen molar-refractivity contribution >= 4 is 22.9 Å². The normalized spacial score (nSPS) is 10.9. The molecule has 6 heteroatoms. The molecular weight excluding hydrogens is 428 g/mol. The molecule has 0 fully saturated rings. The molecule has 0 heterocycles. The molecule has 0 saturated carbocycles. The summed E-state index contributed by atoms with van der Waals surface area (Å²) in [7, 11) is 3.13. The Labute approximate surface area is 198 Å². The Balaban J connectivity index is 1.48. The highest BCUT2D eigenvalue weighted by Gasteiger charge is 2.12. The zero-order valence-corrected chi connectivity index (χ0v) is 19.4. The first-order valence-electron chi connectivity index (χ1n) is 10.8. The number of hydrogen-bond acceptors (Lipinski definition) is 5. The summed E-state index contributed by atoms with van der Waals surface area (Å²) in [6, 6.07) is 25.2. The Kier molecular flexibility index (Phi) is 7.08. The Bertz CT molecular complexity index is 1340. The van der Waals surface area contributed by atoms with Crippen LogP contribution in [0, 0.1) is 6.92 Å². The van der Waals surface area contributed by atoms with Crippen LogP contribution in [0.2, 0.25) is 0 Å². The van der Waals surface area contributed by atoms with Gasteiger partial charge in [0.15, 0.2) is 11.5 Å². The van der Waals surface area contributed by atoms with Crippen LogP contribution in [0.15, 0.2) is 84.0 Å². The van der Waals surface area contributed by atoms with E-state index in [2.05, 4.69) is 34.8 Å². The van der Waals surface area contributed by atoms with E-state index in [0.717, 1.165) is 27.5 Å². The average molecular weight is 455 g/mol. The Hall–Kier alpha value is -4.32. The van der Waals surface area contributed by atoms with E-state index in [-0.39, 0.29) is 5.91 Å². The van der Waals surface area contributed by atoms with E-state index >= 15 is 0 Å². The molecule has 6 nitrogen and oxygen atoms in total. The van der Waals surface area contributed by atoms with E-state index in [1.165, 1.54) is 7.11 Å². The first kappa shape index (κ1) is 22.9. The summed E-state index contributed by atoms with van der Waals surface area (Å²) in [5.74, 6) is 1.35. The van der Waals surface area contributed by atoms with Crippen LogP contribution in [-0.2, 0) is 6.61 Å². The van der Waals surface area contributed by atoms with Gasteiger partial charge in [0.2, 0.25) is 0 Å². The van der Waals surface area contributed by atoms with Gasteiger partial charge in [-0.3, -0.25) is 4.79 Å². The fourth-order valence-corrected chi connectivity index (χ4v) is 3.67. The van der Waals surface area contributed by atoms with Gasteiger partial charge in [0, 0.05) is 0 Å². The lowest BCUT2D eigenvalue weighted by molar-refractivity contribution is 0.0952. The summed E-state index contributed by atoms with van der Waals surface area (Å²) < 4.78 is 16.9. The highest BCUT2D eigenvalue weighted by molar-refractivity contribution is 5.97. The lowest BCUT2D eigenvalue weighted by atomic mass is 10.1. The van der Waals surface area contributed by atoms with Crippen LogP contribution in [0.25, 0.3) is 10.8 Å². The van der Waals surface area contributed by atoms with Crippen molar-refractivity contribution in [1.29, 1.82) is 0 Å². The zero-order valence-electron chi connectivity index (χ0n) is 19.4. The number of amides is 1. The van der Waals surface area contributed by atoms with Crippen molar-refractivity contribution in [2.75, 3.05) is 14.2 Å². The summed E-state index contributed by atoms with van der Waals surface area (Å²) in [5.41, 5.74) is 5.80. The largest absolute Gasteiger partial charge is 0.496 e. The number of methoxy groups -OCH3 is 2. The van der Waals surface area contributed by atoms with Crippen LogP contribution in [0.3, 0.4) is 0 Å². The number of nitrogens with zero attached hydrogens (tertiary/aromatic N) is 1. The molecule has 0 bridgehead atoms. The Morgan fingerprint density at radius 3 is 2.50 bits per heavy atom. The minimum absolute atomic E-state index is 0.353. The van der Waals surface area contributed by atoms with Crippen LogP contribution in [-0.4, -0.2) is 26.3 Å². The summed E-state index contributed by atoms with van der Waals surface area (Å²) in [6.45, 7) is 2.33. The van der Waals surface area contributed by atoms with Crippen LogP contribution < -0.4 is 19.6 Å². The molecule has 4 rings (SSSR count). The molecule has 0 aliphatic heterocycles. The third kappa shape index (κ3) is 5.18. The van der Waals surface area contributed by atoms with Gasteiger partial charge < -0.3 is 14.2 Å². The Morgan fingerprint density at radius 1 is 0.882 bits per heavy atom. The minimum Gasteiger partial charge on any atom is -0.496 e.